The van der Waals surface area contributed by atoms with Crippen LogP contribution in [-0.4, -0.2) is 26.6 Å². The molecule has 1 saturated carbocycles. The molecule has 1 aliphatic rings. The quantitative estimate of drug-likeness (QED) is 0.316. The summed E-state index contributed by atoms with van der Waals surface area (Å²) in [4.78, 5) is 30.7. The monoisotopic (exact) mass is 446 g/mol. The highest BCUT2D eigenvalue weighted by molar-refractivity contribution is 7.12. The van der Waals surface area contributed by atoms with Crippen molar-refractivity contribution >= 4 is 39.9 Å². The average Bonchev–Trinajstić information content (AvgIpc) is 3.30. The summed E-state index contributed by atoms with van der Waals surface area (Å²) in [7, 11) is 0. The van der Waals surface area contributed by atoms with E-state index in [2.05, 4.69) is 10.4 Å². The SMILES string of the molecule is CC(C)n1ncc2c(C(=O)Oc3ccc(NC(=O)c4cccs4)cc3)cc(C3CC3)nc21. The lowest BCUT2D eigenvalue weighted by Gasteiger charge is -2.10. The zero-order valence-electron chi connectivity index (χ0n) is 17.7. The largest absolute Gasteiger partial charge is 0.423 e. The van der Waals surface area contributed by atoms with Crippen LogP contribution in [0.15, 0.2) is 54.0 Å². The second kappa shape index (κ2) is 8.20. The Bertz CT molecular complexity index is 1290. The molecule has 1 fully saturated rings. The summed E-state index contributed by atoms with van der Waals surface area (Å²) in [6.45, 7) is 4.07. The van der Waals surface area contributed by atoms with Crippen molar-refractivity contribution in [2.75, 3.05) is 5.32 Å². The van der Waals surface area contributed by atoms with Crippen LogP contribution in [-0.2, 0) is 0 Å². The second-order valence-corrected chi connectivity index (χ2v) is 9.08. The number of amides is 1. The Morgan fingerprint density at radius 2 is 1.97 bits per heavy atom. The van der Waals surface area contributed by atoms with E-state index < -0.39 is 5.97 Å². The first-order chi connectivity index (χ1) is 15.5. The van der Waals surface area contributed by atoms with Gasteiger partial charge in [0.25, 0.3) is 5.91 Å². The summed E-state index contributed by atoms with van der Waals surface area (Å²) >= 11 is 1.38. The number of fused-ring (bicyclic) bond motifs is 1. The molecule has 162 valence electrons. The lowest BCUT2D eigenvalue weighted by Crippen LogP contribution is -2.12. The van der Waals surface area contributed by atoms with Crippen molar-refractivity contribution in [2.45, 2.75) is 38.6 Å². The van der Waals surface area contributed by atoms with Crippen LogP contribution in [0.3, 0.4) is 0 Å². The Hall–Kier alpha value is -3.52. The first kappa shape index (κ1) is 20.4. The molecule has 0 unspecified atom stereocenters. The highest BCUT2D eigenvalue weighted by atomic mass is 32.1. The zero-order valence-corrected chi connectivity index (χ0v) is 18.6. The first-order valence-corrected chi connectivity index (χ1v) is 11.4. The van der Waals surface area contributed by atoms with Crippen LogP contribution in [0.2, 0.25) is 0 Å². The predicted molar refractivity (Wildman–Crippen MR) is 124 cm³/mol. The summed E-state index contributed by atoms with van der Waals surface area (Å²) in [6.07, 6.45) is 3.85. The van der Waals surface area contributed by atoms with E-state index in [-0.39, 0.29) is 11.9 Å². The Labute approximate surface area is 189 Å². The second-order valence-electron chi connectivity index (χ2n) is 8.13. The van der Waals surface area contributed by atoms with Crippen LogP contribution in [0.1, 0.15) is 64.4 Å². The lowest BCUT2D eigenvalue weighted by atomic mass is 10.1. The third-order valence-electron chi connectivity index (χ3n) is 5.36. The molecule has 0 saturated heterocycles. The van der Waals surface area contributed by atoms with Gasteiger partial charge in [0.2, 0.25) is 0 Å². The number of thiophene rings is 1. The van der Waals surface area contributed by atoms with Crippen molar-refractivity contribution in [1.82, 2.24) is 14.8 Å². The predicted octanol–water partition coefficient (Wildman–Crippen LogP) is 5.42. The number of esters is 1. The summed E-state index contributed by atoms with van der Waals surface area (Å²) < 4.78 is 7.49. The van der Waals surface area contributed by atoms with Crippen LogP contribution in [0, 0.1) is 0 Å². The molecule has 1 aromatic carbocycles. The molecular formula is C24H22N4O3S. The van der Waals surface area contributed by atoms with Gasteiger partial charge in [0.05, 0.1) is 22.0 Å². The van der Waals surface area contributed by atoms with Gasteiger partial charge in [-0.2, -0.15) is 5.10 Å². The molecule has 0 spiro atoms. The van der Waals surface area contributed by atoms with Gasteiger partial charge >= 0.3 is 5.97 Å². The molecule has 3 aromatic heterocycles. The number of nitrogens with zero attached hydrogens (tertiary/aromatic N) is 3. The molecule has 5 rings (SSSR count). The fraction of sp³-hybridized carbons (Fsp3) is 0.250. The minimum absolute atomic E-state index is 0.134. The molecule has 4 aromatic rings. The highest BCUT2D eigenvalue weighted by Crippen LogP contribution is 2.40. The molecule has 1 amide bonds. The number of nitrogens with one attached hydrogen (secondary N) is 1. The van der Waals surface area contributed by atoms with E-state index >= 15 is 0 Å². The van der Waals surface area contributed by atoms with Crippen LogP contribution < -0.4 is 10.1 Å². The number of aromatic nitrogens is 3. The Morgan fingerprint density at radius 1 is 1.19 bits per heavy atom. The van der Waals surface area contributed by atoms with Gasteiger partial charge in [-0.25, -0.2) is 14.5 Å². The van der Waals surface area contributed by atoms with Crippen LogP contribution in [0.4, 0.5) is 5.69 Å². The zero-order chi connectivity index (χ0) is 22.2. The molecular weight excluding hydrogens is 424 g/mol. The van der Waals surface area contributed by atoms with Gasteiger partial charge < -0.3 is 10.1 Å². The van der Waals surface area contributed by atoms with E-state index in [1.165, 1.54) is 11.3 Å². The van der Waals surface area contributed by atoms with E-state index in [0.717, 1.165) is 18.5 Å². The van der Waals surface area contributed by atoms with Gasteiger partial charge in [0.1, 0.15) is 5.75 Å². The number of ether oxygens (including phenoxy) is 1. The number of carbonyl (C=O) groups is 2. The highest BCUT2D eigenvalue weighted by Gasteiger charge is 2.28. The Morgan fingerprint density at radius 3 is 2.62 bits per heavy atom. The van der Waals surface area contributed by atoms with Crippen LogP contribution >= 0.6 is 11.3 Å². The number of pyridine rings is 1. The number of carbonyl (C=O) groups excluding carboxylic acids is 2. The number of hydrogen-bond donors (Lipinski definition) is 1. The molecule has 1 aliphatic carbocycles. The molecule has 8 heteroatoms. The van der Waals surface area contributed by atoms with Crippen LogP contribution in [0.25, 0.3) is 11.0 Å². The van der Waals surface area contributed by atoms with Crippen molar-refractivity contribution in [3.63, 3.8) is 0 Å². The van der Waals surface area contributed by atoms with E-state index in [1.807, 2.05) is 36.0 Å². The molecule has 7 nitrogen and oxygen atoms in total. The van der Waals surface area contributed by atoms with Crippen molar-refractivity contribution in [3.05, 3.63) is 70.2 Å². The average molecular weight is 447 g/mol. The maximum atomic E-state index is 13.1. The van der Waals surface area contributed by atoms with Crippen molar-refractivity contribution in [3.8, 4) is 5.75 Å². The summed E-state index contributed by atoms with van der Waals surface area (Å²) in [5.74, 6) is 0.183. The Balaban J connectivity index is 1.37. The van der Waals surface area contributed by atoms with Gasteiger partial charge in [-0.05, 0) is 68.5 Å². The summed E-state index contributed by atoms with van der Waals surface area (Å²) in [5.41, 5.74) is 2.73. The number of benzene rings is 1. The molecule has 0 aliphatic heterocycles. The molecule has 0 radical (unpaired) electrons. The summed E-state index contributed by atoms with van der Waals surface area (Å²) in [5, 5.41) is 9.81. The topological polar surface area (TPSA) is 86.1 Å². The van der Waals surface area contributed by atoms with Gasteiger partial charge in [0, 0.05) is 23.3 Å². The smallest absolute Gasteiger partial charge is 0.344 e. The maximum Gasteiger partial charge on any atom is 0.344 e. The standard InChI is InChI=1S/C24H22N4O3S/c1-14(2)28-22-19(13-25-28)18(12-20(27-22)15-5-6-15)24(30)31-17-9-7-16(8-10-17)26-23(29)21-4-3-11-32-21/h3-4,7-15H,5-6H2,1-2H3,(H,26,29). The first-order valence-electron chi connectivity index (χ1n) is 10.5. The number of anilines is 1. The van der Waals surface area contributed by atoms with E-state index in [4.69, 9.17) is 9.72 Å². The van der Waals surface area contributed by atoms with Crippen molar-refractivity contribution < 1.29 is 14.3 Å². The van der Waals surface area contributed by atoms with Gasteiger partial charge in [-0.3, -0.25) is 4.79 Å². The summed E-state index contributed by atoms with van der Waals surface area (Å²) in [6, 6.07) is 12.3. The fourth-order valence-electron chi connectivity index (χ4n) is 3.54. The van der Waals surface area contributed by atoms with Crippen LogP contribution in [0.5, 0.6) is 5.75 Å². The molecule has 0 bridgehead atoms. The Kier molecular flexibility index (Phi) is 5.22. The number of hydrogen-bond acceptors (Lipinski definition) is 6. The van der Waals surface area contributed by atoms with Gasteiger partial charge in [-0.1, -0.05) is 6.07 Å². The number of rotatable bonds is 6. The minimum Gasteiger partial charge on any atom is -0.423 e. The lowest BCUT2D eigenvalue weighted by molar-refractivity contribution is 0.0736. The van der Waals surface area contributed by atoms with Gasteiger partial charge in [0.15, 0.2) is 5.65 Å². The maximum absolute atomic E-state index is 13.1. The molecule has 1 N–H and O–H groups in total. The van der Waals surface area contributed by atoms with Crippen molar-refractivity contribution in [2.24, 2.45) is 0 Å². The molecule has 3 heterocycles. The molecule has 0 atom stereocenters. The van der Waals surface area contributed by atoms with E-state index in [0.29, 0.717) is 38.8 Å². The fourth-order valence-corrected chi connectivity index (χ4v) is 4.16. The van der Waals surface area contributed by atoms with E-state index in [1.54, 1.807) is 36.5 Å². The van der Waals surface area contributed by atoms with Crippen molar-refractivity contribution in [1.29, 1.82) is 0 Å². The molecule has 32 heavy (non-hydrogen) atoms. The van der Waals surface area contributed by atoms with Gasteiger partial charge in [-0.15, -0.1) is 11.3 Å². The third kappa shape index (κ3) is 4.01. The minimum atomic E-state index is -0.446. The normalized spacial score (nSPS) is 13.5. The van der Waals surface area contributed by atoms with E-state index in [9.17, 15) is 9.59 Å². The third-order valence-corrected chi connectivity index (χ3v) is 6.23.